The van der Waals surface area contributed by atoms with Crippen LogP contribution in [0.4, 0.5) is 0 Å². The number of nitrogens with two attached hydrogens (primary N) is 1. The van der Waals surface area contributed by atoms with Crippen molar-refractivity contribution in [2.45, 2.75) is 6.54 Å². The van der Waals surface area contributed by atoms with Crippen LogP contribution in [-0.2, 0) is 6.54 Å². The molecule has 0 saturated heterocycles. The van der Waals surface area contributed by atoms with Gasteiger partial charge in [0.2, 0.25) is 0 Å². The van der Waals surface area contributed by atoms with Crippen LogP contribution in [0.3, 0.4) is 0 Å². The second-order valence-corrected chi connectivity index (χ2v) is 4.99. The van der Waals surface area contributed by atoms with E-state index in [1.807, 2.05) is 18.4 Å². The molecule has 0 unspecified atom stereocenters. The zero-order valence-electron chi connectivity index (χ0n) is 9.46. The third-order valence-electron chi connectivity index (χ3n) is 2.06. The number of halogens is 1. The summed E-state index contributed by atoms with van der Waals surface area (Å²) in [6.07, 6.45) is 2.05. The van der Waals surface area contributed by atoms with Gasteiger partial charge in [-0.05, 0) is 39.9 Å². The van der Waals surface area contributed by atoms with Gasteiger partial charge in [-0.2, -0.15) is 11.8 Å². The van der Waals surface area contributed by atoms with Gasteiger partial charge in [-0.3, -0.25) is 0 Å². The van der Waals surface area contributed by atoms with Crippen molar-refractivity contribution in [2.24, 2.45) is 5.73 Å². The second kappa shape index (κ2) is 7.04. The van der Waals surface area contributed by atoms with Crippen LogP contribution in [0, 0.1) is 0 Å². The third-order valence-corrected chi connectivity index (χ3v) is 3.22. The third kappa shape index (κ3) is 3.57. The fourth-order valence-corrected chi connectivity index (χ4v) is 2.11. The van der Waals surface area contributed by atoms with E-state index < -0.39 is 0 Å². The lowest BCUT2D eigenvalue weighted by Gasteiger charge is -2.13. The van der Waals surface area contributed by atoms with E-state index in [4.69, 9.17) is 15.2 Å². The fraction of sp³-hybridized carbons (Fsp3) is 0.455. The predicted octanol–water partition coefficient (Wildman–Crippen LogP) is 2.66. The molecule has 1 rings (SSSR count). The van der Waals surface area contributed by atoms with Crippen molar-refractivity contribution < 1.29 is 9.47 Å². The Bertz CT molecular complexity index is 347. The van der Waals surface area contributed by atoms with Gasteiger partial charge in [0.05, 0.1) is 18.2 Å². The van der Waals surface area contributed by atoms with Crippen LogP contribution in [0.25, 0.3) is 0 Å². The van der Waals surface area contributed by atoms with Gasteiger partial charge in [-0.1, -0.05) is 0 Å². The monoisotopic (exact) mass is 305 g/mol. The van der Waals surface area contributed by atoms with Crippen molar-refractivity contribution in [3.8, 4) is 11.5 Å². The summed E-state index contributed by atoms with van der Waals surface area (Å²) in [7, 11) is 1.63. The van der Waals surface area contributed by atoms with E-state index >= 15 is 0 Å². The Morgan fingerprint density at radius 3 is 2.75 bits per heavy atom. The summed E-state index contributed by atoms with van der Waals surface area (Å²) >= 11 is 5.21. The summed E-state index contributed by atoms with van der Waals surface area (Å²) in [5.41, 5.74) is 6.61. The zero-order chi connectivity index (χ0) is 12.0. The van der Waals surface area contributed by atoms with Gasteiger partial charge in [0.25, 0.3) is 0 Å². The SMILES string of the molecule is COc1cc(CN)cc(Br)c1OCCSC. The quantitative estimate of drug-likeness (QED) is 0.821. The molecule has 90 valence electrons. The number of thioether (sulfide) groups is 1. The summed E-state index contributed by atoms with van der Waals surface area (Å²) in [6.45, 7) is 1.15. The average Bonchev–Trinajstić information content (AvgIpc) is 2.30. The summed E-state index contributed by atoms with van der Waals surface area (Å²) < 4.78 is 11.8. The van der Waals surface area contributed by atoms with Gasteiger partial charge in [0, 0.05) is 12.3 Å². The first kappa shape index (κ1) is 13.7. The Hall–Kier alpha value is -0.390. The number of hydrogen-bond donors (Lipinski definition) is 1. The Balaban J connectivity index is 2.88. The van der Waals surface area contributed by atoms with E-state index in [1.165, 1.54) is 0 Å². The van der Waals surface area contributed by atoms with Gasteiger partial charge in [0.1, 0.15) is 0 Å². The highest BCUT2D eigenvalue weighted by molar-refractivity contribution is 9.10. The van der Waals surface area contributed by atoms with E-state index in [0.29, 0.717) is 13.2 Å². The molecule has 0 bridgehead atoms. The maximum atomic E-state index is 5.67. The van der Waals surface area contributed by atoms with Gasteiger partial charge >= 0.3 is 0 Å². The van der Waals surface area contributed by atoms with Crippen molar-refractivity contribution >= 4 is 27.7 Å². The van der Waals surface area contributed by atoms with Gasteiger partial charge < -0.3 is 15.2 Å². The summed E-state index contributed by atoms with van der Waals surface area (Å²) in [5, 5.41) is 0. The Labute approximate surface area is 109 Å². The van der Waals surface area contributed by atoms with E-state index in [9.17, 15) is 0 Å². The zero-order valence-corrected chi connectivity index (χ0v) is 11.9. The van der Waals surface area contributed by atoms with E-state index in [1.54, 1.807) is 18.9 Å². The number of rotatable bonds is 6. The number of ether oxygens (including phenoxy) is 2. The lowest BCUT2D eigenvalue weighted by molar-refractivity contribution is 0.311. The fourth-order valence-electron chi connectivity index (χ4n) is 1.26. The largest absolute Gasteiger partial charge is 0.493 e. The molecule has 0 aliphatic rings. The predicted molar refractivity (Wildman–Crippen MR) is 72.5 cm³/mol. The first-order chi connectivity index (χ1) is 7.72. The molecule has 0 fully saturated rings. The van der Waals surface area contributed by atoms with Gasteiger partial charge in [0.15, 0.2) is 11.5 Å². The molecule has 0 aliphatic carbocycles. The van der Waals surface area contributed by atoms with Crippen molar-refractivity contribution in [1.29, 1.82) is 0 Å². The summed E-state index contributed by atoms with van der Waals surface area (Å²) in [5.74, 6) is 2.42. The average molecular weight is 306 g/mol. The van der Waals surface area contributed by atoms with Crippen molar-refractivity contribution in [3.63, 3.8) is 0 Å². The van der Waals surface area contributed by atoms with E-state index in [2.05, 4.69) is 15.9 Å². The Morgan fingerprint density at radius 1 is 1.44 bits per heavy atom. The van der Waals surface area contributed by atoms with Crippen LogP contribution in [0.15, 0.2) is 16.6 Å². The minimum atomic E-state index is 0.486. The smallest absolute Gasteiger partial charge is 0.175 e. The molecule has 0 aromatic heterocycles. The molecule has 2 N–H and O–H groups in total. The number of methoxy groups -OCH3 is 1. The lowest BCUT2D eigenvalue weighted by atomic mass is 10.2. The van der Waals surface area contributed by atoms with Crippen molar-refractivity contribution in [1.82, 2.24) is 0 Å². The molecule has 5 heteroatoms. The molecule has 3 nitrogen and oxygen atoms in total. The number of benzene rings is 1. The molecule has 16 heavy (non-hydrogen) atoms. The summed E-state index contributed by atoms with van der Waals surface area (Å²) in [6, 6.07) is 3.86. The molecule has 0 amide bonds. The first-order valence-electron chi connectivity index (χ1n) is 4.91. The van der Waals surface area contributed by atoms with Crippen LogP contribution in [0.5, 0.6) is 11.5 Å². The molecule has 0 atom stereocenters. The molecule has 0 saturated carbocycles. The molecule has 0 spiro atoms. The minimum Gasteiger partial charge on any atom is -0.493 e. The molecular weight excluding hydrogens is 290 g/mol. The molecule has 1 aromatic rings. The maximum absolute atomic E-state index is 5.67. The minimum absolute atomic E-state index is 0.486. The highest BCUT2D eigenvalue weighted by Gasteiger charge is 2.10. The number of hydrogen-bond acceptors (Lipinski definition) is 4. The first-order valence-corrected chi connectivity index (χ1v) is 7.09. The van der Waals surface area contributed by atoms with Crippen LogP contribution in [0.1, 0.15) is 5.56 Å². The molecule has 0 aliphatic heterocycles. The Morgan fingerprint density at radius 2 is 2.19 bits per heavy atom. The topological polar surface area (TPSA) is 44.5 Å². The van der Waals surface area contributed by atoms with Crippen LogP contribution in [-0.4, -0.2) is 25.7 Å². The molecule has 0 heterocycles. The van der Waals surface area contributed by atoms with Gasteiger partial charge in [-0.25, -0.2) is 0 Å². The summed E-state index contributed by atoms with van der Waals surface area (Å²) in [4.78, 5) is 0. The highest BCUT2D eigenvalue weighted by atomic mass is 79.9. The van der Waals surface area contributed by atoms with Gasteiger partial charge in [-0.15, -0.1) is 0 Å². The second-order valence-electron chi connectivity index (χ2n) is 3.15. The maximum Gasteiger partial charge on any atom is 0.175 e. The van der Waals surface area contributed by atoms with Crippen molar-refractivity contribution in [2.75, 3.05) is 25.7 Å². The standard InChI is InChI=1S/C11H16BrNO2S/c1-14-10-6-8(7-13)5-9(12)11(10)15-3-4-16-2/h5-6H,3-4,7,13H2,1-2H3. The molecule has 0 radical (unpaired) electrons. The normalized spacial score (nSPS) is 10.2. The molecule has 1 aromatic carbocycles. The van der Waals surface area contributed by atoms with Crippen LogP contribution < -0.4 is 15.2 Å². The van der Waals surface area contributed by atoms with Crippen LogP contribution >= 0.6 is 27.7 Å². The highest BCUT2D eigenvalue weighted by Crippen LogP contribution is 2.36. The lowest BCUT2D eigenvalue weighted by Crippen LogP contribution is -2.04. The molecular formula is C11H16BrNO2S. The van der Waals surface area contributed by atoms with E-state index in [0.717, 1.165) is 27.3 Å². The Kier molecular flexibility index (Phi) is 6.01. The van der Waals surface area contributed by atoms with E-state index in [-0.39, 0.29) is 0 Å². The van der Waals surface area contributed by atoms with Crippen LogP contribution in [0.2, 0.25) is 0 Å². The van der Waals surface area contributed by atoms with Crippen molar-refractivity contribution in [3.05, 3.63) is 22.2 Å².